The molecule has 5 heteroatoms. The van der Waals surface area contributed by atoms with E-state index in [1.165, 1.54) is 11.3 Å². The SMILES string of the molecule is COc1ccccc1[C@H](C[NH3+])[NH+]1CCN(c2cccc(Cl)c2)CC1. The molecule has 0 amide bonds. The number of rotatable bonds is 5. The fourth-order valence-electron chi connectivity index (χ4n) is 3.61. The predicted octanol–water partition coefficient (Wildman–Crippen LogP) is 1.04. The van der Waals surface area contributed by atoms with Crippen molar-refractivity contribution in [3.63, 3.8) is 0 Å². The van der Waals surface area contributed by atoms with Gasteiger partial charge in [-0.25, -0.2) is 0 Å². The number of quaternary nitrogens is 2. The largest absolute Gasteiger partial charge is 0.496 e. The van der Waals surface area contributed by atoms with E-state index >= 15 is 0 Å². The zero-order chi connectivity index (χ0) is 16.9. The Hall–Kier alpha value is -1.75. The number of para-hydroxylation sites is 1. The summed E-state index contributed by atoms with van der Waals surface area (Å²) in [5.41, 5.74) is 6.67. The molecule has 24 heavy (non-hydrogen) atoms. The van der Waals surface area contributed by atoms with Crippen molar-refractivity contribution < 1.29 is 15.4 Å². The molecule has 0 saturated carbocycles. The molecule has 1 aliphatic rings. The highest BCUT2D eigenvalue weighted by molar-refractivity contribution is 6.30. The van der Waals surface area contributed by atoms with Crippen LogP contribution in [0.4, 0.5) is 5.69 Å². The molecule has 1 atom stereocenters. The van der Waals surface area contributed by atoms with Gasteiger partial charge < -0.3 is 20.3 Å². The van der Waals surface area contributed by atoms with Gasteiger partial charge in [0.15, 0.2) is 6.04 Å². The summed E-state index contributed by atoms with van der Waals surface area (Å²) < 4.78 is 5.56. The third-order valence-corrected chi connectivity index (χ3v) is 5.11. The minimum atomic E-state index is 0.377. The number of nitrogens with zero attached hydrogens (tertiary/aromatic N) is 1. The maximum Gasteiger partial charge on any atom is 0.166 e. The van der Waals surface area contributed by atoms with Gasteiger partial charge in [-0.3, -0.25) is 0 Å². The smallest absolute Gasteiger partial charge is 0.166 e. The van der Waals surface area contributed by atoms with Crippen molar-refractivity contribution in [2.75, 3.05) is 44.7 Å². The van der Waals surface area contributed by atoms with E-state index in [4.69, 9.17) is 16.3 Å². The van der Waals surface area contributed by atoms with Crippen molar-refractivity contribution in [3.05, 3.63) is 59.1 Å². The van der Waals surface area contributed by atoms with Gasteiger partial charge in [0.05, 0.1) is 38.9 Å². The van der Waals surface area contributed by atoms with Crippen molar-refractivity contribution in [2.24, 2.45) is 0 Å². The summed E-state index contributed by atoms with van der Waals surface area (Å²) in [5, 5.41) is 0.798. The van der Waals surface area contributed by atoms with Gasteiger partial charge in [-0.05, 0) is 30.3 Å². The number of hydrogen-bond acceptors (Lipinski definition) is 2. The quantitative estimate of drug-likeness (QED) is 0.848. The van der Waals surface area contributed by atoms with Crippen molar-refractivity contribution in [1.29, 1.82) is 0 Å². The van der Waals surface area contributed by atoms with Gasteiger partial charge in [-0.15, -0.1) is 0 Å². The average Bonchev–Trinajstić information content (AvgIpc) is 2.63. The lowest BCUT2D eigenvalue weighted by Crippen LogP contribution is -3.16. The molecule has 4 N–H and O–H groups in total. The Balaban J connectivity index is 1.70. The third kappa shape index (κ3) is 3.66. The molecule has 1 heterocycles. The van der Waals surface area contributed by atoms with Gasteiger partial charge in [0, 0.05) is 10.7 Å². The van der Waals surface area contributed by atoms with Crippen LogP contribution in [0.1, 0.15) is 11.6 Å². The van der Waals surface area contributed by atoms with Crippen LogP contribution in [-0.2, 0) is 0 Å². The van der Waals surface area contributed by atoms with Gasteiger partial charge in [-0.2, -0.15) is 0 Å². The predicted molar refractivity (Wildman–Crippen MR) is 97.9 cm³/mol. The number of halogens is 1. The number of benzene rings is 2. The Morgan fingerprint density at radius 2 is 1.92 bits per heavy atom. The maximum atomic E-state index is 6.13. The molecule has 0 bridgehead atoms. The number of nitrogens with one attached hydrogen (secondary N) is 1. The molecule has 1 fully saturated rings. The Morgan fingerprint density at radius 3 is 2.58 bits per heavy atom. The van der Waals surface area contributed by atoms with E-state index in [0.29, 0.717) is 6.04 Å². The van der Waals surface area contributed by atoms with E-state index in [1.807, 2.05) is 30.3 Å². The number of piperazine rings is 1. The molecule has 2 aromatic carbocycles. The summed E-state index contributed by atoms with van der Waals surface area (Å²) in [6.45, 7) is 5.10. The average molecular weight is 348 g/mol. The molecule has 0 aromatic heterocycles. The molecule has 0 radical (unpaired) electrons. The van der Waals surface area contributed by atoms with E-state index < -0.39 is 0 Å². The summed E-state index contributed by atoms with van der Waals surface area (Å²) >= 11 is 6.13. The molecule has 1 saturated heterocycles. The Labute approximate surface area is 148 Å². The summed E-state index contributed by atoms with van der Waals surface area (Å²) in [7, 11) is 1.74. The van der Waals surface area contributed by atoms with Gasteiger partial charge in [0.25, 0.3) is 0 Å². The van der Waals surface area contributed by atoms with Gasteiger partial charge in [0.1, 0.15) is 12.3 Å². The fourth-order valence-corrected chi connectivity index (χ4v) is 3.79. The molecule has 128 valence electrons. The first kappa shape index (κ1) is 17.1. The minimum Gasteiger partial charge on any atom is -0.496 e. The molecule has 1 aliphatic heterocycles. The number of methoxy groups -OCH3 is 1. The second kappa shape index (κ2) is 7.88. The van der Waals surface area contributed by atoms with E-state index in [-0.39, 0.29) is 0 Å². The molecule has 4 nitrogen and oxygen atoms in total. The first-order chi connectivity index (χ1) is 11.7. The van der Waals surface area contributed by atoms with E-state index in [0.717, 1.165) is 43.5 Å². The Morgan fingerprint density at radius 1 is 1.17 bits per heavy atom. The molecule has 3 rings (SSSR count). The first-order valence-electron chi connectivity index (χ1n) is 8.50. The third-order valence-electron chi connectivity index (χ3n) is 4.87. The van der Waals surface area contributed by atoms with Crippen LogP contribution in [-0.4, -0.2) is 39.8 Å². The maximum absolute atomic E-state index is 6.13. The van der Waals surface area contributed by atoms with Crippen LogP contribution < -0.4 is 20.3 Å². The second-order valence-corrected chi connectivity index (χ2v) is 6.64. The van der Waals surface area contributed by atoms with Crippen LogP contribution in [0.15, 0.2) is 48.5 Å². The monoisotopic (exact) mass is 347 g/mol. The number of ether oxygens (including phenoxy) is 1. The van der Waals surface area contributed by atoms with Gasteiger partial charge in [0.2, 0.25) is 0 Å². The fraction of sp³-hybridized carbons (Fsp3) is 0.368. The summed E-state index contributed by atoms with van der Waals surface area (Å²) in [4.78, 5) is 3.99. The van der Waals surface area contributed by atoms with Crippen molar-refractivity contribution in [1.82, 2.24) is 0 Å². The molecule has 0 spiro atoms. The van der Waals surface area contributed by atoms with Crippen molar-refractivity contribution >= 4 is 17.3 Å². The van der Waals surface area contributed by atoms with Crippen molar-refractivity contribution in [3.8, 4) is 5.75 Å². The lowest BCUT2D eigenvalue weighted by atomic mass is 10.0. The lowest BCUT2D eigenvalue weighted by Gasteiger charge is -2.37. The second-order valence-electron chi connectivity index (χ2n) is 6.21. The Kier molecular flexibility index (Phi) is 5.61. The highest BCUT2D eigenvalue weighted by Gasteiger charge is 2.31. The van der Waals surface area contributed by atoms with Crippen molar-refractivity contribution in [2.45, 2.75) is 6.04 Å². The normalized spacial score (nSPS) is 16.9. The van der Waals surface area contributed by atoms with Crippen LogP contribution in [0.3, 0.4) is 0 Å². The Bertz CT molecular complexity index is 671. The molecule has 0 unspecified atom stereocenters. The highest BCUT2D eigenvalue weighted by Crippen LogP contribution is 2.23. The van der Waals surface area contributed by atoms with Crippen LogP contribution >= 0.6 is 11.6 Å². The molecular weight excluding hydrogens is 322 g/mol. The first-order valence-corrected chi connectivity index (χ1v) is 8.88. The number of hydrogen-bond donors (Lipinski definition) is 2. The minimum absolute atomic E-state index is 0.377. The summed E-state index contributed by atoms with van der Waals surface area (Å²) in [6, 6.07) is 16.8. The zero-order valence-corrected chi connectivity index (χ0v) is 14.9. The highest BCUT2D eigenvalue weighted by atomic mass is 35.5. The standard InChI is InChI=1S/C19H24ClN3O/c1-24-19-8-3-2-7-17(19)18(14-21)23-11-9-22(10-12-23)16-6-4-5-15(20)13-16/h2-8,13,18H,9-12,14,21H2,1H3/p+2/t18-/m0/s1. The summed E-state index contributed by atoms with van der Waals surface area (Å²) in [6.07, 6.45) is 0. The van der Waals surface area contributed by atoms with Crippen LogP contribution in [0, 0.1) is 0 Å². The zero-order valence-electron chi connectivity index (χ0n) is 14.2. The van der Waals surface area contributed by atoms with Gasteiger partial charge in [-0.1, -0.05) is 29.8 Å². The summed E-state index contributed by atoms with van der Waals surface area (Å²) in [5.74, 6) is 0.968. The van der Waals surface area contributed by atoms with Gasteiger partial charge >= 0.3 is 0 Å². The number of anilines is 1. The van der Waals surface area contributed by atoms with E-state index in [2.05, 4.69) is 28.8 Å². The molecular formula is C19H26ClN3O+2. The van der Waals surface area contributed by atoms with Crippen LogP contribution in [0.5, 0.6) is 5.75 Å². The van der Waals surface area contributed by atoms with Crippen LogP contribution in [0.2, 0.25) is 5.02 Å². The topological polar surface area (TPSA) is 44.6 Å². The molecule has 2 aromatic rings. The van der Waals surface area contributed by atoms with Crippen LogP contribution in [0.25, 0.3) is 0 Å². The lowest BCUT2D eigenvalue weighted by molar-refractivity contribution is -0.938. The molecule has 0 aliphatic carbocycles. The van der Waals surface area contributed by atoms with E-state index in [9.17, 15) is 0 Å². The van der Waals surface area contributed by atoms with E-state index in [1.54, 1.807) is 12.0 Å².